The number of hydrogen-bond donors (Lipinski definition) is 0. The van der Waals surface area contributed by atoms with Crippen LogP contribution in [0.3, 0.4) is 0 Å². The minimum atomic E-state index is 0.308. The first-order chi connectivity index (χ1) is 5.20. The Bertz CT molecular complexity index is 112. The van der Waals surface area contributed by atoms with Gasteiger partial charge in [-0.3, -0.25) is 0 Å². The molecule has 0 aromatic carbocycles. The van der Waals surface area contributed by atoms with E-state index in [0.29, 0.717) is 6.10 Å². The molecule has 0 spiro atoms. The van der Waals surface area contributed by atoms with E-state index in [2.05, 4.69) is 13.8 Å². The number of thiocarbonyl (C=S) groups is 1. The molecule has 0 aromatic rings. The van der Waals surface area contributed by atoms with Gasteiger partial charge in [-0.1, -0.05) is 26.7 Å². The van der Waals surface area contributed by atoms with Crippen molar-refractivity contribution in [2.45, 2.75) is 52.6 Å². The molecule has 66 valence electrons. The lowest BCUT2D eigenvalue weighted by Crippen LogP contribution is -2.12. The summed E-state index contributed by atoms with van der Waals surface area (Å²) in [6, 6.07) is 0. The van der Waals surface area contributed by atoms with E-state index in [1.807, 2.05) is 6.92 Å². The van der Waals surface area contributed by atoms with Gasteiger partial charge in [0.15, 0.2) is 5.05 Å². The van der Waals surface area contributed by atoms with Gasteiger partial charge < -0.3 is 4.74 Å². The molecule has 0 rings (SSSR count). The molecule has 0 fully saturated rings. The molecule has 0 N–H and O–H groups in total. The van der Waals surface area contributed by atoms with Crippen LogP contribution in [0.5, 0.6) is 0 Å². The lowest BCUT2D eigenvalue weighted by atomic mass is 10.2. The Hall–Kier alpha value is -0.110. The summed E-state index contributed by atoms with van der Waals surface area (Å²) in [6.45, 7) is 6.29. The second-order valence-corrected chi connectivity index (χ2v) is 3.25. The van der Waals surface area contributed by atoms with Crippen LogP contribution in [0.15, 0.2) is 0 Å². The van der Waals surface area contributed by atoms with Gasteiger partial charge in [0.2, 0.25) is 0 Å². The lowest BCUT2D eigenvalue weighted by Gasteiger charge is -2.13. The summed E-state index contributed by atoms with van der Waals surface area (Å²) in [5, 5.41) is 0.744. The van der Waals surface area contributed by atoms with Gasteiger partial charge in [-0.15, -0.1) is 0 Å². The molecule has 0 radical (unpaired) electrons. The van der Waals surface area contributed by atoms with Gasteiger partial charge in [-0.2, -0.15) is 0 Å². The van der Waals surface area contributed by atoms with Crippen molar-refractivity contribution in [3.8, 4) is 0 Å². The molecule has 0 aliphatic rings. The molecule has 0 aliphatic heterocycles. The lowest BCUT2D eigenvalue weighted by molar-refractivity contribution is 0.195. The topological polar surface area (TPSA) is 9.23 Å². The van der Waals surface area contributed by atoms with Crippen molar-refractivity contribution in [1.29, 1.82) is 0 Å². The number of ether oxygens (including phenoxy) is 1. The predicted octanol–water partition coefficient (Wildman–Crippen LogP) is 3.32. The van der Waals surface area contributed by atoms with Crippen molar-refractivity contribution in [3.63, 3.8) is 0 Å². The predicted molar refractivity (Wildman–Crippen MR) is 53.0 cm³/mol. The Morgan fingerprint density at radius 1 is 1.45 bits per heavy atom. The van der Waals surface area contributed by atoms with Crippen molar-refractivity contribution < 1.29 is 4.74 Å². The molecule has 0 saturated carbocycles. The summed E-state index contributed by atoms with van der Waals surface area (Å²) in [7, 11) is 0. The highest BCUT2D eigenvalue weighted by Gasteiger charge is 2.02. The van der Waals surface area contributed by atoms with Crippen molar-refractivity contribution in [2.75, 3.05) is 0 Å². The maximum absolute atomic E-state index is 5.43. The standard InChI is InChI=1S/C9H18OS/c1-4-6-7-8(3)10-9(11)5-2/h8H,4-7H2,1-3H3. The molecule has 0 aromatic heterocycles. The smallest absolute Gasteiger partial charge is 0.159 e. The van der Waals surface area contributed by atoms with E-state index in [4.69, 9.17) is 17.0 Å². The summed E-state index contributed by atoms with van der Waals surface area (Å²) in [5.74, 6) is 0. The molecule has 0 heterocycles. The van der Waals surface area contributed by atoms with Crippen LogP contribution in [0.25, 0.3) is 0 Å². The van der Waals surface area contributed by atoms with E-state index in [-0.39, 0.29) is 0 Å². The van der Waals surface area contributed by atoms with Gasteiger partial charge >= 0.3 is 0 Å². The quantitative estimate of drug-likeness (QED) is 0.591. The van der Waals surface area contributed by atoms with Crippen LogP contribution in [0, 0.1) is 0 Å². The zero-order valence-corrected chi connectivity index (χ0v) is 8.54. The average molecular weight is 174 g/mol. The molecule has 2 heteroatoms. The van der Waals surface area contributed by atoms with Crippen LogP contribution >= 0.6 is 12.2 Å². The first kappa shape index (κ1) is 10.9. The van der Waals surface area contributed by atoms with E-state index in [9.17, 15) is 0 Å². The van der Waals surface area contributed by atoms with Gasteiger partial charge in [0.25, 0.3) is 0 Å². The Balaban J connectivity index is 3.35. The molecule has 1 atom stereocenters. The number of unbranched alkanes of at least 4 members (excludes halogenated alkanes) is 1. The van der Waals surface area contributed by atoms with Crippen molar-refractivity contribution in [2.24, 2.45) is 0 Å². The molecule has 11 heavy (non-hydrogen) atoms. The molecule has 0 amide bonds. The minimum Gasteiger partial charge on any atom is -0.484 e. The maximum Gasteiger partial charge on any atom is 0.159 e. The SMILES string of the molecule is CCCCC(C)OC(=S)CC. The third-order valence-electron chi connectivity index (χ3n) is 1.59. The van der Waals surface area contributed by atoms with Crippen LogP contribution in [-0.2, 0) is 4.74 Å². The second kappa shape index (κ2) is 6.59. The second-order valence-electron chi connectivity index (χ2n) is 2.80. The number of rotatable bonds is 5. The third kappa shape index (κ3) is 6.29. The fourth-order valence-electron chi connectivity index (χ4n) is 0.858. The Labute approximate surface area is 75.1 Å². The van der Waals surface area contributed by atoms with E-state index >= 15 is 0 Å². The fourth-order valence-corrected chi connectivity index (χ4v) is 1.02. The van der Waals surface area contributed by atoms with Crippen LogP contribution < -0.4 is 0 Å². The zero-order valence-electron chi connectivity index (χ0n) is 7.72. The van der Waals surface area contributed by atoms with E-state index in [1.165, 1.54) is 12.8 Å². The first-order valence-electron chi connectivity index (χ1n) is 4.40. The van der Waals surface area contributed by atoms with Gasteiger partial charge in [0, 0.05) is 6.42 Å². The van der Waals surface area contributed by atoms with Gasteiger partial charge in [0.05, 0.1) is 6.10 Å². The molecule has 1 nitrogen and oxygen atoms in total. The van der Waals surface area contributed by atoms with E-state index in [1.54, 1.807) is 0 Å². The van der Waals surface area contributed by atoms with Crippen molar-refractivity contribution >= 4 is 17.3 Å². The molecule has 0 saturated heterocycles. The van der Waals surface area contributed by atoms with Crippen molar-refractivity contribution in [1.82, 2.24) is 0 Å². The maximum atomic E-state index is 5.43. The third-order valence-corrected chi connectivity index (χ3v) is 1.97. The largest absolute Gasteiger partial charge is 0.484 e. The summed E-state index contributed by atoms with van der Waals surface area (Å²) in [5.41, 5.74) is 0. The van der Waals surface area contributed by atoms with Crippen LogP contribution in [-0.4, -0.2) is 11.2 Å². The van der Waals surface area contributed by atoms with Gasteiger partial charge in [-0.25, -0.2) is 0 Å². The summed E-state index contributed by atoms with van der Waals surface area (Å²) < 4.78 is 5.43. The highest BCUT2D eigenvalue weighted by molar-refractivity contribution is 7.80. The molecular weight excluding hydrogens is 156 g/mol. The highest BCUT2D eigenvalue weighted by Crippen LogP contribution is 2.05. The summed E-state index contributed by atoms with van der Waals surface area (Å²) in [4.78, 5) is 0. The fraction of sp³-hybridized carbons (Fsp3) is 0.889. The van der Waals surface area contributed by atoms with E-state index in [0.717, 1.165) is 17.9 Å². The van der Waals surface area contributed by atoms with E-state index < -0.39 is 0 Å². The van der Waals surface area contributed by atoms with Crippen LogP contribution in [0.2, 0.25) is 0 Å². The molecule has 0 bridgehead atoms. The first-order valence-corrected chi connectivity index (χ1v) is 4.81. The van der Waals surface area contributed by atoms with Crippen LogP contribution in [0.4, 0.5) is 0 Å². The molecule has 0 aliphatic carbocycles. The normalized spacial score (nSPS) is 12.6. The minimum absolute atomic E-state index is 0.308. The number of hydrogen-bond acceptors (Lipinski definition) is 2. The van der Waals surface area contributed by atoms with Crippen LogP contribution in [0.1, 0.15) is 46.5 Å². The zero-order chi connectivity index (χ0) is 8.69. The van der Waals surface area contributed by atoms with Crippen molar-refractivity contribution in [3.05, 3.63) is 0 Å². The Kier molecular flexibility index (Phi) is 6.52. The summed E-state index contributed by atoms with van der Waals surface area (Å²) >= 11 is 4.96. The summed E-state index contributed by atoms with van der Waals surface area (Å²) in [6.07, 6.45) is 4.74. The monoisotopic (exact) mass is 174 g/mol. The molecule has 1 unspecified atom stereocenters. The Morgan fingerprint density at radius 2 is 2.09 bits per heavy atom. The average Bonchev–Trinajstić information content (AvgIpc) is 2.00. The Morgan fingerprint density at radius 3 is 2.55 bits per heavy atom. The van der Waals surface area contributed by atoms with Gasteiger partial charge in [0.1, 0.15) is 0 Å². The highest BCUT2D eigenvalue weighted by atomic mass is 32.1. The van der Waals surface area contributed by atoms with Gasteiger partial charge in [-0.05, 0) is 25.6 Å². The molecular formula is C9H18OS.